The van der Waals surface area contributed by atoms with E-state index in [9.17, 15) is 14.4 Å². The van der Waals surface area contributed by atoms with Crippen LogP contribution in [0.25, 0.3) is 0 Å². The third-order valence-corrected chi connectivity index (χ3v) is 5.33. The lowest BCUT2D eigenvalue weighted by molar-refractivity contribution is -0.129. The lowest BCUT2D eigenvalue weighted by Gasteiger charge is -2.20. The Hall–Kier alpha value is -3.21. The number of rotatable bonds is 5. The molecule has 1 fully saturated rings. The van der Waals surface area contributed by atoms with Crippen LogP contribution in [0.1, 0.15) is 18.4 Å². The van der Waals surface area contributed by atoms with Gasteiger partial charge in [0.05, 0.1) is 13.0 Å². The summed E-state index contributed by atoms with van der Waals surface area (Å²) < 4.78 is 2.30. The number of carbonyl (C=O) groups excluding carboxylic acids is 3. The van der Waals surface area contributed by atoms with E-state index in [-0.39, 0.29) is 23.9 Å². The standard InChI is InChI=1S/C19H20BrN7O3/c20-18-24-19(27(25-18)9-11-4-2-1-3-5-11)26-7-6-12(10-26)22-17(30)16-15(21)13(28)8-14(29)23-16/h1-5,12H,6-10,21H2,(H,22,30)(H,23,29). The summed E-state index contributed by atoms with van der Waals surface area (Å²) in [5, 5.41) is 9.65. The minimum Gasteiger partial charge on any atom is -0.394 e. The molecule has 3 heterocycles. The van der Waals surface area contributed by atoms with Crippen molar-refractivity contribution in [2.75, 3.05) is 18.0 Å². The molecule has 0 spiro atoms. The molecule has 10 nitrogen and oxygen atoms in total. The number of allylic oxidation sites excluding steroid dienone is 1. The summed E-state index contributed by atoms with van der Waals surface area (Å²) in [7, 11) is 0. The van der Waals surface area contributed by atoms with Crippen LogP contribution >= 0.6 is 15.9 Å². The monoisotopic (exact) mass is 473 g/mol. The van der Waals surface area contributed by atoms with Gasteiger partial charge < -0.3 is 21.3 Å². The van der Waals surface area contributed by atoms with Crippen LogP contribution in [0, 0.1) is 0 Å². The summed E-state index contributed by atoms with van der Waals surface area (Å²) in [6.45, 7) is 1.76. The van der Waals surface area contributed by atoms with Gasteiger partial charge in [-0.1, -0.05) is 30.3 Å². The number of Topliss-reactive ketones (excluding diaryl/α,β-unsaturated/α-hetero) is 1. The minimum atomic E-state index is -0.562. The van der Waals surface area contributed by atoms with E-state index in [0.29, 0.717) is 36.7 Å². The Labute approximate surface area is 180 Å². The first-order valence-electron chi connectivity index (χ1n) is 9.43. The number of ketones is 1. The molecule has 0 radical (unpaired) electrons. The molecule has 4 rings (SSSR count). The summed E-state index contributed by atoms with van der Waals surface area (Å²) >= 11 is 3.34. The number of anilines is 1. The third kappa shape index (κ3) is 4.20. The zero-order valence-electron chi connectivity index (χ0n) is 16.0. The van der Waals surface area contributed by atoms with Crippen LogP contribution in [0.3, 0.4) is 0 Å². The molecule has 1 aromatic carbocycles. The second-order valence-electron chi connectivity index (χ2n) is 7.17. The lowest BCUT2D eigenvalue weighted by atomic mass is 10.1. The van der Waals surface area contributed by atoms with Crippen molar-refractivity contribution in [3.05, 3.63) is 52.0 Å². The summed E-state index contributed by atoms with van der Waals surface area (Å²) in [6, 6.07) is 9.75. The van der Waals surface area contributed by atoms with Crippen molar-refractivity contribution in [1.29, 1.82) is 0 Å². The summed E-state index contributed by atoms with van der Waals surface area (Å²) in [5.41, 5.74) is 6.40. The second-order valence-corrected chi connectivity index (χ2v) is 7.88. The highest BCUT2D eigenvalue weighted by Gasteiger charge is 2.32. The molecule has 1 atom stereocenters. The van der Waals surface area contributed by atoms with Crippen molar-refractivity contribution in [2.24, 2.45) is 5.73 Å². The molecule has 156 valence electrons. The predicted octanol–water partition coefficient (Wildman–Crippen LogP) is 0.0431. The van der Waals surface area contributed by atoms with Gasteiger partial charge >= 0.3 is 0 Å². The fourth-order valence-corrected chi connectivity index (χ4v) is 3.88. The van der Waals surface area contributed by atoms with Crippen LogP contribution in [0.2, 0.25) is 0 Å². The molecule has 1 saturated heterocycles. The number of amides is 2. The van der Waals surface area contributed by atoms with Gasteiger partial charge in [-0.25, -0.2) is 4.68 Å². The van der Waals surface area contributed by atoms with Crippen LogP contribution in [0.5, 0.6) is 0 Å². The normalized spacial score (nSPS) is 19.2. The van der Waals surface area contributed by atoms with Gasteiger partial charge in [-0.3, -0.25) is 14.4 Å². The maximum Gasteiger partial charge on any atom is 0.270 e. The molecule has 4 N–H and O–H groups in total. The van der Waals surface area contributed by atoms with Gasteiger partial charge in [0.15, 0.2) is 5.78 Å². The summed E-state index contributed by atoms with van der Waals surface area (Å²) in [4.78, 5) is 42.3. The molecule has 2 amide bonds. The first kappa shape index (κ1) is 20.1. The number of hydrogen-bond acceptors (Lipinski definition) is 7. The third-order valence-electron chi connectivity index (χ3n) is 4.99. The SMILES string of the molecule is NC1=C(C(=O)NC2CCN(c3nc(Br)nn3Cc3ccccc3)C2)NC(=O)CC1=O. The number of halogens is 1. The van der Waals surface area contributed by atoms with E-state index < -0.39 is 17.6 Å². The lowest BCUT2D eigenvalue weighted by Crippen LogP contribution is -2.46. The quantitative estimate of drug-likeness (QED) is 0.521. The number of nitrogens with zero attached hydrogens (tertiary/aromatic N) is 4. The maximum absolute atomic E-state index is 12.5. The van der Waals surface area contributed by atoms with Crippen molar-refractivity contribution in [1.82, 2.24) is 25.4 Å². The largest absolute Gasteiger partial charge is 0.394 e. The highest BCUT2D eigenvalue weighted by atomic mass is 79.9. The number of benzene rings is 1. The Morgan fingerprint density at radius 2 is 2.07 bits per heavy atom. The van der Waals surface area contributed by atoms with Crippen molar-refractivity contribution < 1.29 is 14.4 Å². The van der Waals surface area contributed by atoms with Crippen LogP contribution in [0.4, 0.5) is 5.95 Å². The Morgan fingerprint density at radius 1 is 1.30 bits per heavy atom. The van der Waals surface area contributed by atoms with Gasteiger partial charge in [0.25, 0.3) is 5.91 Å². The van der Waals surface area contributed by atoms with E-state index >= 15 is 0 Å². The van der Waals surface area contributed by atoms with Crippen molar-refractivity contribution in [3.8, 4) is 0 Å². The first-order valence-corrected chi connectivity index (χ1v) is 10.2. The van der Waals surface area contributed by atoms with Gasteiger partial charge in [-0.05, 0) is 27.9 Å². The molecule has 11 heteroatoms. The van der Waals surface area contributed by atoms with Crippen LogP contribution < -0.4 is 21.3 Å². The molecule has 2 aromatic rings. The van der Waals surface area contributed by atoms with E-state index in [4.69, 9.17) is 5.73 Å². The topological polar surface area (TPSA) is 135 Å². The molecule has 0 bridgehead atoms. The fraction of sp³-hybridized carbons (Fsp3) is 0.316. The van der Waals surface area contributed by atoms with Crippen molar-refractivity contribution >= 4 is 39.5 Å². The van der Waals surface area contributed by atoms with Crippen molar-refractivity contribution in [2.45, 2.75) is 25.4 Å². The van der Waals surface area contributed by atoms with Crippen LogP contribution in [0.15, 0.2) is 46.5 Å². The number of nitrogens with two attached hydrogens (primary N) is 1. The minimum absolute atomic E-state index is 0.176. The van der Waals surface area contributed by atoms with Crippen molar-refractivity contribution in [3.63, 3.8) is 0 Å². The van der Waals surface area contributed by atoms with E-state index in [1.54, 1.807) is 0 Å². The van der Waals surface area contributed by atoms with Gasteiger partial charge in [-0.15, -0.1) is 5.10 Å². The number of carbonyl (C=O) groups is 3. The molecule has 2 aliphatic heterocycles. The van der Waals surface area contributed by atoms with Gasteiger partial charge in [0.1, 0.15) is 11.4 Å². The summed E-state index contributed by atoms with van der Waals surface area (Å²) in [5.74, 6) is -0.947. The Bertz CT molecular complexity index is 1030. The predicted molar refractivity (Wildman–Crippen MR) is 111 cm³/mol. The van der Waals surface area contributed by atoms with E-state index in [2.05, 4.69) is 36.6 Å². The molecule has 0 saturated carbocycles. The Morgan fingerprint density at radius 3 is 2.83 bits per heavy atom. The molecule has 2 aliphatic rings. The van der Waals surface area contributed by atoms with Gasteiger partial charge in [-0.2, -0.15) is 4.98 Å². The van der Waals surface area contributed by atoms with E-state index in [1.807, 2.05) is 39.9 Å². The van der Waals surface area contributed by atoms with Gasteiger partial charge in [0.2, 0.25) is 16.6 Å². The average molecular weight is 474 g/mol. The van der Waals surface area contributed by atoms with E-state index in [1.165, 1.54) is 0 Å². The molecular formula is C19H20BrN7O3. The maximum atomic E-state index is 12.5. The Kier molecular flexibility index (Phi) is 5.53. The summed E-state index contributed by atoms with van der Waals surface area (Å²) in [6.07, 6.45) is 0.336. The average Bonchev–Trinajstić information content (AvgIpc) is 3.31. The molecule has 1 unspecified atom stereocenters. The number of hydrogen-bond donors (Lipinski definition) is 3. The fourth-order valence-electron chi connectivity index (χ4n) is 3.53. The number of nitrogens with one attached hydrogen (secondary N) is 2. The van der Waals surface area contributed by atoms with Crippen LogP contribution in [-0.4, -0.2) is 51.5 Å². The zero-order valence-corrected chi connectivity index (χ0v) is 17.6. The Balaban J connectivity index is 1.44. The first-order chi connectivity index (χ1) is 14.4. The zero-order chi connectivity index (χ0) is 21.3. The smallest absolute Gasteiger partial charge is 0.270 e. The number of aromatic nitrogens is 3. The molecular weight excluding hydrogens is 454 g/mol. The highest BCUT2D eigenvalue weighted by Crippen LogP contribution is 2.22. The highest BCUT2D eigenvalue weighted by molar-refractivity contribution is 9.10. The molecule has 0 aliphatic carbocycles. The molecule has 1 aromatic heterocycles. The second kappa shape index (κ2) is 8.27. The van der Waals surface area contributed by atoms with Crippen LogP contribution in [-0.2, 0) is 20.9 Å². The molecule has 30 heavy (non-hydrogen) atoms. The van der Waals surface area contributed by atoms with Gasteiger partial charge in [0, 0.05) is 19.1 Å². The van der Waals surface area contributed by atoms with E-state index in [0.717, 1.165) is 5.56 Å².